The van der Waals surface area contributed by atoms with Crippen LogP contribution < -0.4 is 0 Å². The molecule has 18 heavy (non-hydrogen) atoms. The van der Waals surface area contributed by atoms with Gasteiger partial charge in [-0.1, -0.05) is 13.8 Å². The van der Waals surface area contributed by atoms with Gasteiger partial charge in [-0.05, 0) is 30.4 Å². The number of aliphatic hydroxyl groups excluding tert-OH is 1. The van der Waals surface area contributed by atoms with Crippen LogP contribution in [0.1, 0.15) is 37.6 Å². The number of nitrogens with zero attached hydrogens (tertiary/aromatic N) is 3. The molecule has 0 fully saturated rings. The molecule has 0 saturated carbocycles. The lowest BCUT2D eigenvalue weighted by Crippen LogP contribution is -2.26. The molecule has 0 bridgehead atoms. The number of hydrogen-bond acceptors (Lipinski definition) is 3. The molecule has 0 spiro atoms. The summed E-state index contributed by atoms with van der Waals surface area (Å²) in [4.78, 5) is 8.54. The van der Waals surface area contributed by atoms with Crippen LogP contribution >= 0.6 is 0 Å². The molecule has 0 saturated heterocycles. The van der Waals surface area contributed by atoms with Crippen LogP contribution in [-0.4, -0.2) is 19.6 Å². The SMILES string of the molecule is CC1(C)Cc2c(ccn2-c2ncccn2)C(O)C1. The predicted octanol–water partition coefficient (Wildman–Crippen LogP) is 2.27. The summed E-state index contributed by atoms with van der Waals surface area (Å²) in [5.41, 5.74) is 2.25. The fourth-order valence-electron chi connectivity index (χ4n) is 2.73. The van der Waals surface area contributed by atoms with Gasteiger partial charge in [0.25, 0.3) is 0 Å². The standard InChI is InChI=1S/C14H17N3O/c1-14(2)8-11-10(12(18)9-14)4-7-17(11)13-15-5-3-6-16-13/h3-7,12,18H,8-9H2,1-2H3. The fraction of sp³-hybridized carbons (Fsp3) is 0.429. The van der Waals surface area contributed by atoms with Gasteiger partial charge in [0.15, 0.2) is 0 Å². The zero-order valence-corrected chi connectivity index (χ0v) is 10.7. The lowest BCUT2D eigenvalue weighted by molar-refractivity contribution is 0.0986. The van der Waals surface area contributed by atoms with Crippen molar-refractivity contribution in [1.82, 2.24) is 14.5 Å². The van der Waals surface area contributed by atoms with Gasteiger partial charge in [-0.3, -0.25) is 4.57 Å². The third-order valence-electron chi connectivity index (χ3n) is 3.55. The van der Waals surface area contributed by atoms with Crippen LogP contribution in [0, 0.1) is 5.41 Å². The van der Waals surface area contributed by atoms with Gasteiger partial charge in [-0.15, -0.1) is 0 Å². The van der Waals surface area contributed by atoms with Crippen molar-refractivity contribution in [2.45, 2.75) is 32.8 Å². The molecule has 94 valence electrons. The molecule has 2 aromatic rings. The van der Waals surface area contributed by atoms with Gasteiger partial charge >= 0.3 is 0 Å². The van der Waals surface area contributed by atoms with Crippen LogP contribution in [0.3, 0.4) is 0 Å². The van der Waals surface area contributed by atoms with E-state index in [1.165, 1.54) is 0 Å². The topological polar surface area (TPSA) is 50.9 Å². The van der Waals surface area contributed by atoms with E-state index in [0.717, 1.165) is 24.1 Å². The van der Waals surface area contributed by atoms with Crippen LogP contribution in [0.25, 0.3) is 5.95 Å². The number of hydrogen-bond donors (Lipinski definition) is 1. The maximum Gasteiger partial charge on any atom is 0.233 e. The van der Waals surface area contributed by atoms with Gasteiger partial charge in [0.05, 0.1) is 6.10 Å². The molecule has 1 aliphatic rings. The molecule has 0 amide bonds. The highest BCUT2D eigenvalue weighted by atomic mass is 16.3. The summed E-state index contributed by atoms with van der Waals surface area (Å²) in [7, 11) is 0. The van der Waals surface area contributed by atoms with Gasteiger partial charge < -0.3 is 5.11 Å². The van der Waals surface area contributed by atoms with Gasteiger partial charge in [0.2, 0.25) is 5.95 Å². The first-order chi connectivity index (χ1) is 8.57. The van der Waals surface area contributed by atoms with E-state index in [2.05, 4.69) is 23.8 Å². The third-order valence-corrected chi connectivity index (χ3v) is 3.55. The van der Waals surface area contributed by atoms with E-state index in [4.69, 9.17) is 0 Å². The molecule has 2 aromatic heterocycles. The summed E-state index contributed by atoms with van der Waals surface area (Å²) in [6.45, 7) is 4.37. The van der Waals surface area contributed by atoms with Crippen LogP contribution in [0.5, 0.6) is 0 Å². The van der Waals surface area contributed by atoms with Crippen molar-refractivity contribution in [2.24, 2.45) is 5.41 Å². The first-order valence-corrected chi connectivity index (χ1v) is 6.22. The maximum atomic E-state index is 10.2. The van der Waals surface area contributed by atoms with Crippen molar-refractivity contribution in [3.05, 3.63) is 42.0 Å². The van der Waals surface area contributed by atoms with Gasteiger partial charge in [0.1, 0.15) is 0 Å². The molecule has 0 aromatic carbocycles. The minimum Gasteiger partial charge on any atom is -0.388 e. The van der Waals surface area contributed by atoms with Crippen molar-refractivity contribution in [3.8, 4) is 5.95 Å². The molecule has 0 aliphatic heterocycles. The average molecular weight is 243 g/mol. The average Bonchev–Trinajstić information content (AvgIpc) is 2.72. The van der Waals surface area contributed by atoms with E-state index < -0.39 is 0 Å². The van der Waals surface area contributed by atoms with E-state index in [1.807, 2.05) is 16.8 Å². The Labute approximate surface area is 106 Å². The van der Waals surface area contributed by atoms with E-state index in [1.54, 1.807) is 18.5 Å². The Morgan fingerprint density at radius 1 is 1.33 bits per heavy atom. The van der Waals surface area contributed by atoms with Crippen molar-refractivity contribution in [3.63, 3.8) is 0 Å². The van der Waals surface area contributed by atoms with Gasteiger partial charge in [0, 0.05) is 29.8 Å². The van der Waals surface area contributed by atoms with Crippen molar-refractivity contribution < 1.29 is 5.11 Å². The summed E-state index contributed by atoms with van der Waals surface area (Å²) in [6.07, 6.45) is 6.78. The number of aromatic nitrogens is 3. The van der Waals surface area contributed by atoms with E-state index >= 15 is 0 Å². The predicted molar refractivity (Wildman–Crippen MR) is 68.4 cm³/mol. The Bertz CT molecular complexity index is 560. The van der Waals surface area contributed by atoms with Crippen LogP contribution in [-0.2, 0) is 6.42 Å². The highest BCUT2D eigenvalue weighted by Crippen LogP contribution is 2.41. The highest BCUT2D eigenvalue weighted by molar-refractivity contribution is 5.34. The molecular weight excluding hydrogens is 226 g/mol. The third kappa shape index (κ3) is 1.82. The molecule has 1 atom stereocenters. The second-order valence-corrected chi connectivity index (χ2v) is 5.70. The van der Waals surface area contributed by atoms with Crippen LogP contribution in [0.2, 0.25) is 0 Å². The quantitative estimate of drug-likeness (QED) is 0.836. The van der Waals surface area contributed by atoms with Crippen LogP contribution in [0.15, 0.2) is 30.7 Å². The summed E-state index contributed by atoms with van der Waals surface area (Å²) >= 11 is 0. The Balaban J connectivity index is 2.10. The van der Waals surface area contributed by atoms with Crippen molar-refractivity contribution in [1.29, 1.82) is 0 Å². The van der Waals surface area contributed by atoms with E-state index in [-0.39, 0.29) is 11.5 Å². The molecule has 4 nitrogen and oxygen atoms in total. The summed E-state index contributed by atoms with van der Waals surface area (Å²) < 4.78 is 1.99. The normalized spacial score (nSPS) is 21.6. The van der Waals surface area contributed by atoms with Crippen molar-refractivity contribution >= 4 is 0 Å². The summed E-state index contributed by atoms with van der Waals surface area (Å²) in [5, 5.41) is 10.2. The van der Waals surface area contributed by atoms with Crippen molar-refractivity contribution in [2.75, 3.05) is 0 Å². The first-order valence-electron chi connectivity index (χ1n) is 6.22. The monoisotopic (exact) mass is 243 g/mol. The molecular formula is C14H17N3O. The minimum absolute atomic E-state index is 0.108. The lowest BCUT2D eigenvalue weighted by Gasteiger charge is -2.33. The fourth-order valence-corrected chi connectivity index (χ4v) is 2.73. The Morgan fingerprint density at radius 3 is 2.78 bits per heavy atom. The van der Waals surface area contributed by atoms with Gasteiger partial charge in [-0.25, -0.2) is 9.97 Å². The van der Waals surface area contributed by atoms with Gasteiger partial charge in [-0.2, -0.15) is 0 Å². The smallest absolute Gasteiger partial charge is 0.233 e. The molecule has 1 aliphatic carbocycles. The number of fused-ring (bicyclic) bond motifs is 1. The number of rotatable bonds is 1. The second kappa shape index (κ2) is 3.92. The molecule has 3 rings (SSSR count). The van der Waals surface area contributed by atoms with Crippen LogP contribution in [0.4, 0.5) is 0 Å². The Kier molecular flexibility index (Phi) is 2.48. The summed E-state index contributed by atoms with van der Waals surface area (Å²) in [5.74, 6) is 0.670. The zero-order chi connectivity index (χ0) is 12.8. The number of aliphatic hydroxyl groups is 1. The molecule has 2 heterocycles. The lowest BCUT2D eigenvalue weighted by atomic mass is 9.75. The molecule has 1 N–H and O–H groups in total. The molecule has 1 unspecified atom stereocenters. The molecule has 4 heteroatoms. The minimum atomic E-state index is -0.381. The van der Waals surface area contributed by atoms with E-state index in [0.29, 0.717) is 5.95 Å². The summed E-state index contributed by atoms with van der Waals surface area (Å²) in [6, 6.07) is 3.78. The highest BCUT2D eigenvalue weighted by Gasteiger charge is 2.33. The largest absolute Gasteiger partial charge is 0.388 e. The molecule has 0 radical (unpaired) electrons. The second-order valence-electron chi connectivity index (χ2n) is 5.70. The Hall–Kier alpha value is -1.68. The maximum absolute atomic E-state index is 10.2. The van der Waals surface area contributed by atoms with E-state index in [9.17, 15) is 5.11 Å². The first kappa shape index (κ1) is 11.4. The zero-order valence-electron chi connectivity index (χ0n) is 10.7. The Morgan fingerprint density at radius 2 is 2.06 bits per heavy atom.